The molecule has 0 aromatic heterocycles. The molecular formula is C26H32Cl2N2O3. The Hall–Kier alpha value is -2.24. The summed E-state index contributed by atoms with van der Waals surface area (Å²) < 4.78 is 5.71. The van der Waals surface area contributed by atoms with Crippen molar-refractivity contribution < 1.29 is 14.3 Å². The third kappa shape index (κ3) is 7.65. The van der Waals surface area contributed by atoms with Crippen molar-refractivity contribution in [2.75, 3.05) is 6.61 Å². The number of nitrogens with zero attached hydrogens (tertiary/aromatic N) is 1. The minimum absolute atomic E-state index is 0.131. The number of para-hydroxylation sites is 1. The Morgan fingerprint density at radius 2 is 1.70 bits per heavy atom. The van der Waals surface area contributed by atoms with Gasteiger partial charge in [0.1, 0.15) is 11.8 Å². The van der Waals surface area contributed by atoms with E-state index in [2.05, 4.69) is 5.32 Å². The minimum Gasteiger partial charge on any atom is -0.494 e. The Morgan fingerprint density at radius 1 is 1.03 bits per heavy atom. The van der Waals surface area contributed by atoms with Crippen LogP contribution in [0.1, 0.15) is 57.4 Å². The lowest BCUT2D eigenvalue weighted by molar-refractivity contribution is -0.141. The maximum atomic E-state index is 13.2. The molecule has 0 saturated heterocycles. The van der Waals surface area contributed by atoms with Gasteiger partial charge < -0.3 is 15.0 Å². The van der Waals surface area contributed by atoms with E-state index in [-0.39, 0.29) is 30.8 Å². The van der Waals surface area contributed by atoms with Crippen LogP contribution in [0.3, 0.4) is 0 Å². The summed E-state index contributed by atoms with van der Waals surface area (Å²) in [5, 5.41) is 4.09. The van der Waals surface area contributed by atoms with Crippen LogP contribution in [0.2, 0.25) is 10.0 Å². The first kappa shape index (κ1) is 25.4. The lowest BCUT2D eigenvalue weighted by atomic mass is 9.95. The molecular weight excluding hydrogens is 459 g/mol. The van der Waals surface area contributed by atoms with E-state index in [1.54, 1.807) is 30.0 Å². The summed E-state index contributed by atoms with van der Waals surface area (Å²) in [5.41, 5.74) is 0.645. The molecule has 5 nitrogen and oxygen atoms in total. The van der Waals surface area contributed by atoms with Crippen LogP contribution in [0.4, 0.5) is 0 Å². The fourth-order valence-electron chi connectivity index (χ4n) is 4.08. The van der Waals surface area contributed by atoms with E-state index in [4.69, 9.17) is 27.9 Å². The molecule has 1 N–H and O–H groups in total. The number of amides is 2. The van der Waals surface area contributed by atoms with Gasteiger partial charge in [-0.25, -0.2) is 0 Å². The number of benzene rings is 2. The fourth-order valence-corrected chi connectivity index (χ4v) is 4.60. The van der Waals surface area contributed by atoms with Crippen LogP contribution in [0.5, 0.6) is 5.75 Å². The maximum Gasteiger partial charge on any atom is 0.242 e. The zero-order valence-corrected chi connectivity index (χ0v) is 20.6. The molecule has 0 spiro atoms. The van der Waals surface area contributed by atoms with E-state index in [9.17, 15) is 9.59 Å². The van der Waals surface area contributed by atoms with Gasteiger partial charge in [0.2, 0.25) is 11.8 Å². The molecule has 0 aliphatic heterocycles. The summed E-state index contributed by atoms with van der Waals surface area (Å²) >= 11 is 12.7. The maximum absolute atomic E-state index is 13.2. The van der Waals surface area contributed by atoms with Crippen molar-refractivity contribution in [3.63, 3.8) is 0 Å². The van der Waals surface area contributed by atoms with Gasteiger partial charge in [-0.2, -0.15) is 0 Å². The van der Waals surface area contributed by atoms with Crippen LogP contribution < -0.4 is 10.1 Å². The van der Waals surface area contributed by atoms with Crippen molar-refractivity contribution in [2.24, 2.45) is 0 Å². The standard InChI is InChI=1S/C26H32Cl2N2O3/c1-19(26(32)29-20-10-4-2-5-11-20)30(18-22-23(27)14-8-15-24(22)28)25(31)16-9-17-33-21-12-6-3-7-13-21/h3,6-8,12-15,19-20H,2,4-5,9-11,16-18H2,1H3,(H,29,32)/t19-/m1/s1. The van der Waals surface area contributed by atoms with E-state index >= 15 is 0 Å². The third-order valence-electron chi connectivity index (χ3n) is 6.06. The van der Waals surface area contributed by atoms with Crippen LogP contribution in [0.15, 0.2) is 48.5 Å². The number of rotatable bonds is 10. The van der Waals surface area contributed by atoms with Gasteiger partial charge in [0, 0.05) is 34.6 Å². The van der Waals surface area contributed by atoms with E-state index in [0.29, 0.717) is 28.6 Å². The van der Waals surface area contributed by atoms with Crippen molar-refractivity contribution in [1.82, 2.24) is 10.2 Å². The number of nitrogens with one attached hydrogen (secondary N) is 1. The average molecular weight is 491 g/mol. The summed E-state index contributed by atoms with van der Waals surface area (Å²) in [6.07, 6.45) is 6.23. The van der Waals surface area contributed by atoms with Crippen molar-refractivity contribution >= 4 is 35.0 Å². The molecule has 3 rings (SSSR count). The Bertz CT molecular complexity index is 897. The van der Waals surface area contributed by atoms with Crippen LogP contribution in [-0.4, -0.2) is 35.4 Å². The Morgan fingerprint density at radius 3 is 2.36 bits per heavy atom. The highest BCUT2D eigenvalue weighted by molar-refractivity contribution is 6.36. The molecule has 1 fully saturated rings. The molecule has 1 aliphatic rings. The molecule has 2 aromatic carbocycles. The molecule has 1 atom stereocenters. The average Bonchev–Trinajstić information content (AvgIpc) is 2.82. The molecule has 1 saturated carbocycles. The Kier molecular flexibility index (Phi) is 9.89. The van der Waals surface area contributed by atoms with Gasteiger partial charge in [-0.3, -0.25) is 9.59 Å². The molecule has 2 amide bonds. The Balaban J connectivity index is 1.65. The number of carbonyl (C=O) groups excluding carboxylic acids is 2. The molecule has 7 heteroatoms. The lowest BCUT2D eigenvalue weighted by Gasteiger charge is -2.31. The monoisotopic (exact) mass is 490 g/mol. The predicted molar refractivity (Wildman–Crippen MR) is 133 cm³/mol. The van der Waals surface area contributed by atoms with Crippen LogP contribution >= 0.6 is 23.2 Å². The van der Waals surface area contributed by atoms with E-state index in [1.165, 1.54) is 6.42 Å². The first-order chi connectivity index (χ1) is 16.0. The summed E-state index contributed by atoms with van der Waals surface area (Å²) in [7, 11) is 0. The SMILES string of the molecule is C[C@H](C(=O)NC1CCCCC1)N(Cc1c(Cl)cccc1Cl)C(=O)CCCOc1ccccc1. The largest absolute Gasteiger partial charge is 0.494 e. The molecule has 0 unspecified atom stereocenters. The van der Waals surface area contributed by atoms with E-state index in [0.717, 1.165) is 31.4 Å². The second-order valence-corrected chi connectivity index (χ2v) is 9.32. The van der Waals surface area contributed by atoms with Crippen molar-refractivity contribution in [3.05, 3.63) is 64.1 Å². The molecule has 33 heavy (non-hydrogen) atoms. The fraction of sp³-hybridized carbons (Fsp3) is 0.462. The van der Waals surface area contributed by atoms with E-state index in [1.807, 2.05) is 30.3 Å². The number of ether oxygens (including phenoxy) is 1. The summed E-state index contributed by atoms with van der Waals surface area (Å²) in [5.74, 6) is 0.498. The molecule has 0 bridgehead atoms. The predicted octanol–water partition coefficient (Wildman–Crippen LogP) is 6.02. The van der Waals surface area contributed by atoms with Gasteiger partial charge >= 0.3 is 0 Å². The van der Waals surface area contributed by atoms with Crippen LogP contribution in [0.25, 0.3) is 0 Å². The van der Waals surface area contributed by atoms with Gasteiger partial charge in [-0.1, -0.05) is 66.7 Å². The van der Waals surface area contributed by atoms with Crippen molar-refractivity contribution in [2.45, 2.75) is 70.5 Å². The first-order valence-electron chi connectivity index (χ1n) is 11.7. The molecule has 0 heterocycles. The molecule has 178 valence electrons. The van der Waals surface area contributed by atoms with E-state index < -0.39 is 6.04 Å². The smallest absolute Gasteiger partial charge is 0.242 e. The normalized spacial score (nSPS) is 15.0. The first-order valence-corrected chi connectivity index (χ1v) is 12.4. The van der Waals surface area contributed by atoms with Crippen molar-refractivity contribution in [3.8, 4) is 5.75 Å². The van der Waals surface area contributed by atoms with Crippen molar-refractivity contribution in [1.29, 1.82) is 0 Å². The van der Waals surface area contributed by atoms with Gasteiger partial charge in [0.05, 0.1) is 6.61 Å². The second kappa shape index (κ2) is 12.9. The second-order valence-electron chi connectivity index (χ2n) is 8.51. The topological polar surface area (TPSA) is 58.6 Å². The lowest BCUT2D eigenvalue weighted by Crippen LogP contribution is -2.50. The van der Waals surface area contributed by atoms with Gasteiger partial charge in [-0.15, -0.1) is 0 Å². The summed E-state index contributed by atoms with van der Waals surface area (Å²) in [6, 6.07) is 14.3. The quantitative estimate of drug-likeness (QED) is 0.414. The molecule has 2 aromatic rings. The minimum atomic E-state index is -0.637. The number of halogens is 2. The summed E-state index contributed by atoms with van der Waals surface area (Å²) in [6.45, 7) is 2.36. The number of hydrogen-bond donors (Lipinski definition) is 1. The van der Waals surface area contributed by atoms with Gasteiger partial charge in [-0.05, 0) is 50.5 Å². The highest BCUT2D eigenvalue weighted by Crippen LogP contribution is 2.27. The number of hydrogen-bond acceptors (Lipinski definition) is 3. The van der Waals surface area contributed by atoms with Gasteiger partial charge in [0.25, 0.3) is 0 Å². The summed E-state index contributed by atoms with van der Waals surface area (Å²) in [4.78, 5) is 27.8. The zero-order chi connectivity index (χ0) is 23.6. The molecule has 0 radical (unpaired) electrons. The van der Waals surface area contributed by atoms with Crippen LogP contribution in [-0.2, 0) is 16.1 Å². The number of carbonyl (C=O) groups is 2. The third-order valence-corrected chi connectivity index (χ3v) is 6.76. The highest BCUT2D eigenvalue weighted by atomic mass is 35.5. The van der Waals surface area contributed by atoms with Crippen LogP contribution in [0, 0.1) is 0 Å². The molecule has 1 aliphatic carbocycles. The Labute approximate surface area is 206 Å². The zero-order valence-electron chi connectivity index (χ0n) is 19.1. The highest BCUT2D eigenvalue weighted by Gasteiger charge is 2.28. The van der Waals surface area contributed by atoms with Gasteiger partial charge in [0.15, 0.2) is 0 Å².